The summed E-state index contributed by atoms with van der Waals surface area (Å²) < 4.78 is 18.2. The first-order valence-electron chi connectivity index (χ1n) is 13.3. The summed E-state index contributed by atoms with van der Waals surface area (Å²) in [6.07, 6.45) is 12.9. The van der Waals surface area contributed by atoms with E-state index in [9.17, 15) is 0 Å². The minimum absolute atomic E-state index is 0.410. The molecule has 32 heavy (non-hydrogen) atoms. The SMILES string of the molecule is COC1CCN(C)C(COC2CC3(CCN(CCOC4CC5(CCN(C)CC5)C4)C3)C2)C1. The molecule has 3 aliphatic heterocycles. The van der Waals surface area contributed by atoms with E-state index in [0.717, 1.165) is 39.1 Å². The van der Waals surface area contributed by atoms with Gasteiger partial charge in [-0.15, -0.1) is 0 Å². The predicted octanol–water partition coefficient (Wildman–Crippen LogP) is 2.86. The lowest BCUT2D eigenvalue weighted by molar-refractivity contribution is -0.108. The second-order valence-electron chi connectivity index (χ2n) is 12.1. The van der Waals surface area contributed by atoms with Crippen molar-refractivity contribution in [2.75, 3.05) is 73.7 Å². The molecule has 5 aliphatic rings. The van der Waals surface area contributed by atoms with Crippen molar-refractivity contribution < 1.29 is 14.2 Å². The lowest BCUT2D eigenvalue weighted by Crippen LogP contribution is -2.49. The van der Waals surface area contributed by atoms with Gasteiger partial charge in [-0.25, -0.2) is 0 Å². The smallest absolute Gasteiger partial charge is 0.0626 e. The largest absolute Gasteiger partial charge is 0.381 e. The molecule has 5 rings (SSSR count). The Balaban J connectivity index is 0.942. The third-order valence-electron chi connectivity index (χ3n) is 9.79. The summed E-state index contributed by atoms with van der Waals surface area (Å²) >= 11 is 0. The van der Waals surface area contributed by atoms with Gasteiger partial charge in [-0.3, -0.25) is 0 Å². The zero-order valence-corrected chi connectivity index (χ0v) is 20.9. The molecule has 5 fully saturated rings. The Bertz CT molecular complexity index is 609. The number of piperidine rings is 2. The van der Waals surface area contributed by atoms with Gasteiger partial charge in [-0.05, 0) is 102 Å². The summed E-state index contributed by atoms with van der Waals surface area (Å²) in [4.78, 5) is 7.58. The number of hydrogen-bond donors (Lipinski definition) is 0. The predicted molar refractivity (Wildman–Crippen MR) is 127 cm³/mol. The number of nitrogens with zero attached hydrogens (tertiary/aromatic N) is 3. The first-order valence-corrected chi connectivity index (χ1v) is 13.3. The number of ether oxygens (including phenoxy) is 3. The lowest BCUT2D eigenvalue weighted by Gasteiger charge is -2.51. The van der Waals surface area contributed by atoms with Crippen LogP contribution in [0.3, 0.4) is 0 Å². The molecule has 0 aromatic carbocycles. The number of likely N-dealkylation sites (N-methyl/N-ethyl adjacent to an activating group) is 1. The van der Waals surface area contributed by atoms with Crippen molar-refractivity contribution in [1.29, 1.82) is 0 Å². The lowest BCUT2D eigenvalue weighted by atomic mass is 9.61. The molecule has 0 aromatic rings. The molecule has 0 radical (unpaired) electrons. The van der Waals surface area contributed by atoms with E-state index in [-0.39, 0.29) is 0 Å². The topological polar surface area (TPSA) is 37.4 Å². The molecule has 2 atom stereocenters. The molecular formula is C26H47N3O3. The van der Waals surface area contributed by atoms with E-state index in [4.69, 9.17) is 14.2 Å². The van der Waals surface area contributed by atoms with Gasteiger partial charge < -0.3 is 28.9 Å². The van der Waals surface area contributed by atoms with Crippen molar-refractivity contribution in [2.45, 2.75) is 82.1 Å². The summed E-state index contributed by atoms with van der Waals surface area (Å²) in [5.74, 6) is 0. The summed E-state index contributed by atoms with van der Waals surface area (Å²) in [6, 6.07) is 0.516. The van der Waals surface area contributed by atoms with Gasteiger partial charge in [0.1, 0.15) is 0 Å². The van der Waals surface area contributed by atoms with Crippen LogP contribution in [0, 0.1) is 10.8 Å². The number of likely N-dealkylation sites (tertiary alicyclic amines) is 3. The molecule has 184 valence electrons. The van der Waals surface area contributed by atoms with Crippen LogP contribution in [0.25, 0.3) is 0 Å². The van der Waals surface area contributed by atoms with Gasteiger partial charge in [0.25, 0.3) is 0 Å². The Morgan fingerprint density at radius 3 is 2.25 bits per heavy atom. The fourth-order valence-electron chi connectivity index (χ4n) is 7.24. The Labute approximate surface area is 195 Å². The molecule has 3 saturated heterocycles. The average Bonchev–Trinajstić information content (AvgIpc) is 3.17. The Morgan fingerprint density at radius 2 is 1.50 bits per heavy atom. The quantitative estimate of drug-likeness (QED) is 0.567. The third-order valence-corrected chi connectivity index (χ3v) is 9.79. The molecule has 3 heterocycles. The number of rotatable bonds is 8. The van der Waals surface area contributed by atoms with Crippen molar-refractivity contribution in [2.24, 2.45) is 10.8 Å². The van der Waals surface area contributed by atoms with Gasteiger partial charge in [0.15, 0.2) is 0 Å². The van der Waals surface area contributed by atoms with Crippen molar-refractivity contribution in [3.63, 3.8) is 0 Å². The second-order valence-corrected chi connectivity index (χ2v) is 12.1. The third kappa shape index (κ3) is 5.21. The van der Waals surface area contributed by atoms with Crippen LogP contribution in [0.5, 0.6) is 0 Å². The maximum absolute atomic E-state index is 6.36. The van der Waals surface area contributed by atoms with E-state index in [2.05, 4.69) is 28.8 Å². The van der Waals surface area contributed by atoms with Crippen LogP contribution < -0.4 is 0 Å². The summed E-state index contributed by atoms with van der Waals surface area (Å²) in [6.45, 7) is 9.09. The molecule has 0 N–H and O–H groups in total. The van der Waals surface area contributed by atoms with Crippen LogP contribution in [0.1, 0.15) is 57.8 Å². The molecule has 6 heteroatoms. The van der Waals surface area contributed by atoms with Crippen molar-refractivity contribution in [1.82, 2.24) is 14.7 Å². The molecule has 0 bridgehead atoms. The maximum Gasteiger partial charge on any atom is 0.0626 e. The van der Waals surface area contributed by atoms with E-state index in [1.54, 1.807) is 0 Å². The van der Waals surface area contributed by atoms with Gasteiger partial charge in [0.2, 0.25) is 0 Å². The molecule has 2 spiro atoms. The van der Waals surface area contributed by atoms with Crippen molar-refractivity contribution in [3.8, 4) is 0 Å². The van der Waals surface area contributed by atoms with Crippen LogP contribution in [0.15, 0.2) is 0 Å². The van der Waals surface area contributed by atoms with Crippen LogP contribution in [-0.4, -0.2) is 113 Å². The Kier molecular flexibility index (Phi) is 7.19. The van der Waals surface area contributed by atoms with E-state index in [1.807, 2.05) is 7.11 Å². The highest BCUT2D eigenvalue weighted by Crippen LogP contribution is 2.51. The number of methoxy groups -OCH3 is 1. The van der Waals surface area contributed by atoms with Gasteiger partial charge >= 0.3 is 0 Å². The summed E-state index contributed by atoms with van der Waals surface area (Å²) in [5.41, 5.74) is 1.17. The summed E-state index contributed by atoms with van der Waals surface area (Å²) in [7, 11) is 6.33. The molecule has 2 aliphatic carbocycles. The second kappa shape index (κ2) is 9.79. The van der Waals surface area contributed by atoms with Crippen molar-refractivity contribution in [3.05, 3.63) is 0 Å². The van der Waals surface area contributed by atoms with Crippen molar-refractivity contribution >= 4 is 0 Å². The Hall–Kier alpha value is -0.240. The first-order chi connectivity index (χ1) is 15.5. The molecule has 0 aromatic heterocycles. The highest BCUT2D eigenvalue weighted by molar-refractivity contribution is 5.01. The fourth-order valence-corrected chi connectivity index (χ4v) is 7.24. The van der Waals surface area contributed by atoms with E-state index in [0.29, 0.717) is 35.2 Å². The summed E-state index contributed by atoms with van der Waals surface area (Å²) in [5, 5.41) is 0. The average molecular weight is 450 g/mol. The van der Waals surface area contributed by atoms with E-state index < -0.39 is 0 Å². The van der Waals surface area contributed by atoms with Crippen LogP contribution in [0.2, 0.25) is 0 Å². The van der Waals surface area contributed by atoms with E-state index >= 15 is 0 Å². The maximum atomic E-state index is 6.36. The zero-order chi connectivity index (χ0) is 22.2. The minimum atomic E-state index is 0.410. The molecule has 6 nitrogen and oxygen atoms in total. The van der Waals surface area contributed by atoms with Gasteiger partial charge in [0, 0.05) is 32.8 Å². The normalized spacial score (nSPS) is 35.9. The molecule has 0 amide bonds. The Morgan fingerprint density at radius 1 is 0.812 bits per heavy atom. The first kappa shape index (κ1) is 23.5. The number of hydrogen-bond acceptors (Lipinski definition) is 6. The monoisotopic (exact) mass is 449 g/mol. The van der Waals surface area contributed by atoms with Gasteiger partial charge in [-0.1, -0.05) is 0 Å². The standard InChI is InChI=1S/C26H47N3O3/c1-27-9-5-25(6-10-27)15-23(16-25)31-13-12-29-11-7-26(20-29)17-24(18-26)32-19-21-14-22(30-3)4-8-28(21)2/h21-24H,4-20H2,1-3H3. The molecular weight excluding hydrogens is 402 g/mol. The molecule has 2 saturated carbocycles. The van der Waals surface area contributed by atoms with Crippen LogP contribution >= 0.6 is 0 Å². The highest BCUT2D eigenvalue weighted by Gasteiger charge is 2.49. The van der Waals surface area contributed by atoms with E-state index in [1.165, 1.54) is 71.1 Å². The van der Waals surface area contributed by atoms with Gasteiger partial charge in [0.05, 0.1) is 31.5 Å². The molecule has 2 unspecified atom stereocenters. The van der Waals surface area contributed by atoms with Crippen LogP contribution in [-0.2, 0) is 14.2 Å². The fraction of sp³-hybridized carbons (Fsp3) is 1.00. The highest BCUT2D eigenvalue weighted by atomic mass is 16.5. The van der Waals surface area contributed by atoms with Crippen LogP contribution in [0.4, 0.5) is 0 Å². The minimum Gasteiger partial charge on any atom is -0.381 e. The van der Waals surface area contributed by atoms with Gasteiger partial charge in [-0.2, -0.15) is 0 Å². The zero-order valence-electron chi connectivity index (χ0n) is 20.9.